The molecule has 3 aromatic carbocycles. The lowest BCUT2D eigenvalue weighted by Crippen LogP contribution is -2.64. The topological polar surface area (TPSA) is 24.1 Å². The molecule has 0 spiro atoms. The molecule has 0 aromatic heterocycles. The van der Waals surface area contributed by atoms with Crippen LogP contribution >= 0.6 is 11.6 Å². The second-order valence-electron chi connectivity index (χ2n) is 10.2. The summed E-state index contributed by atoms with van der Waals surface area (Å²) in [6, 6.07) is 31.1. The normalized spacial score (nSPS) is 26.9. The van der Waals surface area contributed by atoms with Crippen molar-refractivity contribution in [1.82, 2.24) is 10.6 Å². The maximum atomic E-state index is 6.57. The van der Waals surface area contributed by atoms with Gasteiger partial charge in [-0.1, -0.05) is 117 Å². The highest BCUT2D eigenvalue weighted by Gasteiger charge is 2.46. The van der Waals surface area contributed by atoms with Crippen LogP contribution in [0.4, 0.5) is 0 Å². The van der Waals surface area contributed by atoms with Gasteiger partial charge in [0.05, 0.1) is 0 Å². The Morgan fingerprint density at radius 3 is 2.18 bits per heavy atom. The summed E-state index contributed by atoms with van der Waals surface area (Å²) >= 11 is 6.57. The van der Waals surface area contributed by atoms with E-state index in [1.165, 1.54) is 42.4 Å². The fraction of sp³-hybridized carbons (Fsp3) is 0.419. The van der Waals surface area contributed by atoms with Crippen molar-refractivity contribution in [3.63, 3.8) is 0 Å². The summed E-state index contributed by atoms with van der Waals surface area (Å²) in [6.07, 6.45) is 5.33. The molecule has 2 aliphatic rings. The lowest BCUT2D eigenvalue weighted by Gasteiger charge is -2.52. The molecule has 3 unspecified atom stereocenters. The van der Waals surface area contributed by atoms with E-state index in [2.05, 4.69) is 90.4 Å². The van der Waals surface area contributed by atoms with Crippen LogP contribution in [-0.2, 0) is 6.54 Å². The highest BCUT2D eigenvalue weighted by Crippen LogP contribution is 2.44. The largest absolute Gasteiger partial charge is 0.311 e. The van der Waals surface area contributed by atoms with Gasteiger partial charge in [0.25, 0.3) is 0 Å². The fourth-order valence-electron chi connectivity index (χ4n) is 6.75. The van der Waals surface area contributed by atoms with Gasteiger partial charge in [0.2, 0.25) is 0 Å². The average Bonchev–Trinajstić information content (AvgIpc) is 2.89. The molecule has 1 saturated heterocycles. The van der Waals surface area contributed by atoms with Crippen molar-refractivity contribution in [2.24, 2.45) is 17.8 Å². The van der Waals surface area contributed by atoms with Crippen molar-refractivity contribution in [3.8, 4) is 0 Å². The lowest BCUT2D eigenvalue weighted by molar-refractivity contribution is 0.0473. The van der Waals surface area contributed by atoms with E-state index in [0.717, 1.165) is 29.9 Å². The first-order valence-electron chi connectivity index (χ1n) is 13.1. The Labute approximate surface area is 210 Å². The van der Waals surface area contributed by atoms with Crippen LogP contribution in [0.1, 0.15) is 55.2 Å². The Balaban J connectivity index is 1.54. The van der Waals surface area contributed by atoms with Gasteiger partial charge in [-0.25, -0.2) is 0 Å². The van der Waals surface area contributed by atoms with Crippen molar-refractivity contribution in [2.45, 2.75) is 57.2 Å². The lowest BCUT2D eigenvalue weighted by atomic mass is 9.62. The first-order valence-corrected chi connectivity index (χ1v) is 13.4. The maximum Gasteiger partial charge on any atom is 0.0450 e. The average molecular weight is 473 g/mol. The molecule has 34 heavy (non-hydrogen) atoms. The van der Waals surface area contributed by atoms with Crippen LogP contribution in [-0.4, -0.2) is 18.6 Å². The van der Waals surface area contributed by atoms with Gasteiger partial charge in [0.15, 0.2) is 0 Å². The molecular formula is C31H37ClN2. The number of hydrogen-bond donors (Lipinski definition) is 2. The highest BCUT2D eigenvalue weighted by molar-refractivity contribution is 6.31. The molecule has 2 fully saturated rings. The first-order chi connectivity index (χ1) is 16.8. The van der Waals surface area contributed by atoms with E-state index >= 15 is 0 Å². The quantitative estimate of drug-likeness (QED) is 0.385. The number of nitrogens with one attached hydrogen (secondary N) is 2. The molecule has 178 valence electrons. The van der Waals surface area contributed by atoms with Gasteiger partial charge in [-0.2, -0.15) is 0 Å². The smallest absolute Gasteiger partial charge is 0.0450 e. The van der Waals surface area contributed by atoms with Gasteiger partial charge in [-0.15, -0.1) is 0 Å². The zero-order valence-corrected chi connectivity index (χ0v) is 20.9. The summed E-state index contributed by atoms with van der Waals surface area (Å²) in [5.41, 5.74) is 3.96. The number of rotatable bonds is 7. The van der Waals surface area contributed by atoms with Crippen LogP contribution in [0.15, 0.2) is 84.9 Å². The minimum Gasteiger partial charge on any atom is -0.311 e. The van der Waals surface area contributed by atoms with Crippen molar-refractivity contribution >= 4 is 11.6 Å². The third kappa shape index (κ3) is 4.96. The van der Waals surface area contributed by atoms with Gasteiger partial charge in [-0.05, 0) is 53.5 Å². The third-order valence-electron chi connectivity index (χ3n) is 8.34. The van der Waals surface area contributed by atoms with Crippen molar-refractivity contribution in [1.29, 1.82) is 0 Å². The predicted molar refractivity (Wildman–Crippen MR) is 143 cm³/mol. The second kappa shape index (κ2) is 11.1. The Morgan fingerprint density at radius 2 is 1.53 bits per heavy atom. The molecule has 5 rings (SSSR count). The predicted octanol–water partition coefficient (Wildman–Crippen LogP) is 7.04. The van der Waals surface area contributed by atoms with Crippen LogP contribution in [0.25, 0.3) is 0 Å². The van der Waals surface area contributed by atoms with Gasteiger partial charge in [0, 0.05) is 29.6 Å². The highest BCUT2D eigenvalue weighted by atomic mass is 35.5. The minimum atomic E-state index is 0.298. The molecular weight excluding hydrogens is 436 g/mol. The summed E-state index contributed by atoms with van der Waals surface area (Å²) in [7, 11) is 0. The van der Waals surface area contributed by atoms with Crippen molar-refractivity contribution < 1.29 is 0 Å². The molecule has 3 aromatic rings. The van der Waals surface area contributed by atoms with Crippen LogP contribution in [0.3, 0.4) is 0 Å². The van der Waals surface area contributed by atoms with E-state index in [9.17, 15) is 0 Å². The summed E-state index contributed by atoms with van der Waals surface area (Å²) in [4.78, 5) is 0. The number of halogens is 1. The summed E-state index contributed by atoms with van der Waals surface area (Å²) in [5.74, 6) is 2.50. The molecule has 5 atom stereocenters. The summed E-state index contributed by atoms with van der Waals surface area (Å²) in [6.45, 7) is 4.31. The van der Waals surface area contributed by atoms with Crippen molar-refractivity contribution in [3.05, 3.63) is 107 Å². The molecule has 1 aliphatic heterocycles. The molecule has 1 aliphatic carbocycles. The molecule has 1 heterocycles. The van der Waals surface area contributed by atoms with Crippen LogP contribution in [0.2, 0.25) is 5.02 Å². The van der Waals surface area contributed by atoms with E-state index < -0.39 is 0 Å². The molecule has 1 saturated carbocycles. The van der Waals surface area contributed by atoms with Crippen LogP contribution < -0.4 is 10.6 Å². The van der Waals surface area contributed by atoms with E-state index in [1.807, 2.05) is 12.1 Å². The summed E-state index contributed by atoms with van der Waals surface area (Å²) in [5, 5.41) is 8.98. The van der Waals surface area contributed by atoms with Crippen molar-refractivity contribution in [2.75, 3.05) is 6.54 Å². The molecule has 0 radical (unpaired) electrons. The van der Waals surface area contributed by atoms with Gasteiger partial charge in [-0.3, -0.25) is 0 Å². The van der Waals surface area contributed by atoms with Gasteiger partial charge in [0.1, 0.15) is 0 Å². The van der Waals surface area contributed by atoms with E-state index in [0.29, 0.717) is 23.9 Å². The van der Waals surface area contributed by atoms with Gasteiger partial charge < -0.3 is 10.6 Å². The molecule has 3 heteroatoms. The maximum absolute atomic E-state index is 6.57. The first kappa shape index (κ1) is 23.6. The Hall–Kier alpha value is -2.13. The number of piperidine rings is 1. The second-order valence-corrected chi connectivity index (χ2v) is 10.6. The molecule has 0 amide bonds. The third-order valence-corrected chi connectivity index (χ3v) is 8.71. The minimum absolute atomic E-state index is 0.298. The summed E-state index contributed by atoms with van der Waals surface area (Å²) < 4.78 is 0. The van der Waals surface area contributed by atoms with Gasteiger partial charge >= 0.3 is 0 Å². The van der Waals surface area contributed by atoms with Crippen LogP contribution in [0, 0.1) is 17.8 Å². The number of fused-ring (bicyclic) bond motifs is 1. The van der Waals surface area contributed by atoms with E-state index in [4.69, 9.17) is 11.6 Å². The Bertz CT molecular complexity index is 992. The number of benzene rings is 3. The van der Waals surface area contributed by atoms with E-state index in [-0.39, 0.29) is 0 Å². The molecule has 2 nitrogen and oxygen atoms in total. The monoisotopic (exact) mass is 472 g/mol. The van der Waals surface area contributed by atoms with E-state index in [1.54, 1.807) is 0 Å². The zero-order chi connectivity index (χ0) is 23.3. The Kier molecular flexibility index (Phi) is 7.69. The number of hydrogen-bond acceptors (Lipinski definition) is 2. The SMILES string of the molecule is CCC1CCCC2CN[C@H](C(c3ccccc3)c3ccccc3)[C@H](NCc3ccccc3Cl)C12. The molecule has 0 bridgehead atoms. The molecule has 2 N–H and O–H groups in total. The van der Waals surface area contributed by atoms with Crippen LogP contribution in [0.5, 0.6) is 0 Å². The standard InChI is InChI=1S/C31H37ClN2/c1-2-22-17-11-18-26-21-34-31(30(28(22)26)33-20-25-16-9-10-19-27(25)32)29(23-12-5-3-6-13-23)24-14-7-4-8-15-24/h3-10,12-16,19,22,26,28-31,33-34H,2,11,17-18,20-21H2,1H3/t22?,26?,28?,30-,31-/m1/s1. The fourth-order valence-corrected chi connectivity index (χ4v) is 6.95. The Morgan fingerprint density at radius 1 is 0.882 bits per heavy atom. The zero-order valence-electron chi connectivity index (χ0n) is 20.2.